The van der Waals surface area contributed by atoms with Gasteiger partial charge in [-0.15, -0.1) is 0 Å². The van der Waals surface area contributed by atoms with Crippen LogP contribution in [0.5, 0.6) is 0 Å². The molecular weight excluding hydrogens is 338 g/mol. The number of hydrazone groups is 1. The Balaban J connectivity index is 2.08. The van der Waals surface area contributed by atoms with Gasteiger partial charge < -0.3 is 0 Å². The van der Waals surface area contributed by atoms with Gasteiger partial charge in [-0.3, -0.25) is 4.79 Å². The van der Waals surface area contributed by atoms with Gasteiger partial charge in [-0.05, 0) is 36.4 Å². The number of carbonyl (C=O) groups excluding carboxylic acids is 1. The van der Waals surface area contributed by atoms with Crippen LogP contribution in [0.15, 0.2) is 41.5 Å². The molecule has 0 atom stereocenters. The van der Waals surface area contributed by atoms with Gasteiger partial charge in [-0.25, -0.2) is 9.82 Å². The summed E-state index contributed by atoms with van der Waals surface area (Å²) in [7, 11) is 0. The quantitative estimate of drug-likeness (QED) is 0.643. The summed E-state index contributed by atoms with van der Waals surface area (Å²) < 4.78 is 12.9. The predicted octanol–water partition coefficient (Wildman–Crippen LogP) is 4.55. The van der Waals surface area contributed by atoms with E-state index in [9.17, 15) is 9.18 Å². The van der Waals surface area contributed by atoms with E-state index in [0.29, 0.717) is 10.6 Å². The molecule has 2 rings (SSSR count). The molecule has 0 saturated heterocycles. The zero-order chi connectivity index (χ0) is 15.4. The molecular formula is C14H8Cl3FN2O. The predicted molar refractivity (Wildman–Crippen MR) is 82.9 cm³/mol. The molecule has 108 valence electrons. The van der Waals surface area contributed by atoms with Gasteiger partial charge >= 0.3 is 0 Å². The summed E-state index contributed by atoms with van der Waals surface area (Å²) in [6.07, 6.45) is 1.31. The second kappa shape index (κ2) is 6.89. The van der Waals surface area contributed by atoms with Crippen molar-refractivity contribution in [2.75, 3.05) is 0 Å². The lowest BCUT2D eigenvalue weighted by molar-refractivity contribution is 0.0955. The number of nitrogens with zero attached hydrogens (tertiary/aromatic N) is 1. The number of halogens is 4. The molecule has 0 radical (unpaired) electrons. The Kier molecular flexibility index (Phi) is 5.17. The van der Waals surface area contributed by atoms with Gasteiger partial charge in [-0.1, -0.05) is 34.8 Å². The van der Waals surface area contributed by atoms with Gasteiger partial charge in [-0.2, -0.15) is 5.10 Å². The smallest absolute Gasteiger partial charge is 0.267 e. The number of hydrogen-bond acceptors (Lipinski definition) is 2. The van der Waals surface area contributed by atoms with Crippen molar-refractivity contribution in [3.8, 4) is 0 Å². The summed E-state index contributed by atoms with van der Waals surface area (Å²) >= 11 is 17.5. The fourth-order valence-electron chi connectivity index (χ4n) is 1.50. The normalized spacial score (nSPS) is 10.9. The van der Waals surface area contributed by atoms with Gasteiger partial charge in [0.25, 0.3) is 5.91 Å². The van der Waals surface area contributed by atoms with E-state index in [4.69, 9.17) is 34.8 Å². The van der Waals surface area contributed by atoms with Crippen LogP contribution >= 0.6 is 34.8 Å². The number of nitrogens with one attached hydrogen (secondary N) is 1. The zero-order valence-corrected chi connectivity index (χ0v) is 12.7. The molecule has 0 heterocycles. The summed E-state index contributed by atoms with van der Waals surface area (Å²) in [5.41, 5.74) is 3.01. The molecule has 0 unspecified atom stereocenters. The Hall–Kier alpha value is -1.62. The average molecular weight is 346 g/mol. The largest absolute Gasteiger partial charge is 0.272 e. The molecule has 0 fully saturated rings. The number of benzene rings is 2. The van der Waals surface area contributed by atoms with Crippen LogP contribution in [0.25, 0.3) is 0 Å². The summed E-state index contributed by atoms with van der Waals surface area (Å²) in [5.74, 6) is -0.944. The molecule has 1 amide bonds. The Morgan fingerprint density at radius 1 is 1.10 bits per heavy atom. The minimum atomic E-state index is -0.494. The summed E-state index contributed by atoms with van der Waals surface area (Å²) in [6.45, 7) is 0. The van der Waals surface area contributed by atoms with Gasteiger partial charge in [0.05, 0.1) is 21.8 Å². The van der Waals surface area contributed by atoms with Crippen molar-refractivity contribution in [3.63, 3.8) is 0 Å². The van der Waals surface area contributed by atoms with E-state index < -0.39 is 11.7 Å². The van der Waals surface area contributed by atoms with Crippen LogP contribution in [-0.2, 0) is 0 Å². The Labute approximate surface area is 135 Å². The fourth-order valence-corrected chi connectivity index (χ4v) is 2.21. The number of amides is 1. The first-order valence-electron chi connectivity index (χ1n) is 5.71. The maximum Gasteiger partial charge on any atom is 0.272 e. The highest BCUT2D eigenvalue weighted by Crippen LogP contribution is 2.20. The topological polar surface area (TPSA) is 41.5 Å². The average Bonchev–Trinajstić information content (AvgIpc) is 2.41. The van der Waals surface area contributed by atoms with Crippen molar-refractivity contribution in [1.29, 1.82) is 0 Å². The van der Waals surface area contributed by atoms with E-state index in [2.05, 4.69) is 10.5 Å². The van der Waals surface area contributed by atoms with Crippen LogP contribution in [0.2, 0.25) is 15.1 Å². The van der Waals surface area contributed by atoms with E-state index in [1.54, 1.807) is 6.07 Å². The minimum Gasteiger partial charge on any atom is -0.267 e. The van der Waals surface area contributed by atoms with Crippen molar-refractivity contribution in [2.45, 2.75) is 0 Å². The van der Waals surface area contributed by atoms with Gasteiger partial charge in [0.15, 0.2) is 0 Å². The molecule has 1 N–H and O–H groups in total. The SMILES string of the molecule is O=C(N/N=C/c1ccc(F)cc1Cl)c1ccc(Cl)cc1Cl. The van der Waals surface area contributed by atoms with Crippen LogP contribution in [0.4, 0.5) is 4.39 Å². The third-order valence-electron chi connectivity index (χ3n) is 2.51. The number of carbonyl (C=O) groups is 1. The molecule has 2 aromatic rings. The standard InChI is InChI=1S/C14H8Cl3FN2O/c15-9-2-4-11(13(17)5-9)14(21)20-19-7-8-1-3-10(18)6-12(8)16/h1-7H,(H,20,21)/b19-7+. The van der Waals surface area contributed by atoms with Crippen LogP contribution in [0.1, 0.15) is 15.9 Å². The monoisotopic (exact) mass is 344 g/mol. The van der Waals surface area contributed by atoms with Crippen molar-refractivity contribution in [3.05, 3.63) is 68.4 Å². The van der Waals surface area contributed by atoms with Gasteiger partial charge in [0.2, 0.25) is 0 Å². The third kappa shape index (κ3) is 4.17. The molecule has 0 aliphatic carbocycles. The van der Waals surface area contributed by atoms with Crippen molar-refractivity contribution < 1.29 is 9.18 Å². The second-order valence-corrected chi connectivity index (χ2v) is 5.24. The molecule has 7 heteroatoms. The van der Waals surface area contributed by atoms with Crippen LogP contribution < -0.4 is 5.43 Å². The number of hydrogen-bond donors (Lipinski definition) is 1. The Morgan fingerprint density at radius 3 is 2.52 bits per heavy atom. The summed E-state index contributed by atoms with van der Waals surface area (Å²) in [4.78, 5) is 11.9. The fraction of sp³-hybridized carbons (Fsp3) is 0. The second-order valence-electron chi connectivity index (χ2n) is 3.99. The van der Waals surface area contributed by atoms with Crippen LogP contribution in [-0.4, -0.2) is 12.1 Å². The number of rotatable bonds is 3. The minimum absolute atomic E-state index is 0.192. The highest BCUT2D eigenvalue weighted by Gasteiger charge is 2.09. The molecule has 3 nitrogen and oxygen atoms in total. The van der Waals surface area contributed by atoms with E-state index >= 15 is 0 Å². The third-order valence-corrected chi connectivity index (χ3v) is 3.38. The summed E-state index contributed by atoms with van der Waals surface area (Å²) in [6, 6.07) is 8.33. The van der Waals surface area contributed by atoms with E-state index in [1.807, 2.05) is 0 Å². The lowest BCUT2D eigenvalue weighted by Crippen LogP contribution is -2.18. The molecule has 0 aromatic heterocycles. The zero-order valence-electron chi connectivity index (χ0n) is 10.4. The Bertz CT molecular complexity index is 719. The Morgan fingerprint density at radius 2 is 1.86 bits per heavy atom. The first kappa shape index (κ1) is 15.8. The van der Waals surface area contributed by atoms with Gasteiger partial charge in [0.1, 0.15) is 5.82 Å². The van der Waals surface area contributed by atoms with E-state index in [-0.39, 0.29) is 15.6 Å². The molecule has 0 spiro atoms. The van der Waals surface area contributed by atoms with E-state index in [1.165, 1.54) is 30.5 Å². The maximum absolute atomic E-state index is 12.9. The van der Waals surface area contributed by atoms with Crippen LogP contribution in [0.3, 0.4) is 0 Å². The molecule has 0 aliphatic rings. The van der Waals surface area contributed by atoms with E-state index in [0.717, 1.165) is 6.07 Å². The van der Waals surface area contributed by atoms with Crippen molar-refractivity contribution in [2.24, 2.45) is 5.10 Å². The molecule has 2 aromatic carbocycles. The first-order valence-corrected chi connectivity index (χ1v) is 6.84. The molecule has 0 aliphatic heterocycles. The summed E-state index contributed by atoms with van der Waals surface area (Å²) in [5, 5.41) is 4.59. The van der Waals surface area contributed by atoms with Gasteiger partial charge in [0, 0.05) is 10.6 Å². The van der Waals surface area contributed by atoms with Crippen molar-refractivity contribution in [1.82, 2.24) is 5.43 Å². The molecule has 0 saturated carbocycles. The molecule has 21 heavy (non-hydrogen) atoms. The lowest BCUT2D eigenvalue weighted by atomic mass is 10.2. The highest BCUT2D eigenvalue weighted by molar-refractivity contribution is 6.36. The highest BCUT2D eigenvalue weighted by atomic mass is 35.5. The maximum atomic E-state index is 12.9. The molecule has 0 bridgehead atoms. The van der Waals surface area contributed by atoms with Crippen molar-refractivity contribution >= 4 is 46.9 Å². The van der Waals surface area contributed by atoms with Crippen LogP contribution in [0, 0.1) is 5.82 Å². The lowest BCUT2D eigenvalue weighted by Gasteiger charge is -2.03. The first-order chi connectivity index (χ1) is 9.97.